The van der Waals surface area contributed by atoms with Crippen LogP contribution in [-0.4, -0.2) is 52.3 Å². The topological polar surface area (TPSA) is 160 Å². The minimum atomic E-state index is -1.02. The average Bonchev–Trinajstić information content (AvgIpc) is 2.65. The van der Waals surface area contributed by atoms with Crippen molar-refractivity contribution in [1.29, 1.82) is 0 Å². The summed E-state index contributed by atoms with van der Waals surface area (Å²) in [7, 11) is 2.79. The first-order valence-corrected chi connectivity index (χ1v) is 11.2. The van der Waals surface area contributed by atoms with Crippen LogP contribution < -0.4 is 22.5 Å². The summed E-state index contributed by atoms with van der Waals surface area (Å²) in [5, 5.41) is 17.9. The van der Waals surface area contributed by atoms with Gasteiger partial charge >= 0.3 is 5.97 Å². The molecule has 1 aromatic rings. The Morgan fingerprint density at radius 3 is 2.54 bits per heavy atom. The molecule has 1 rings (SSSR count). The van der Waals surface area contributed by atoms with Crippen LogP contribution in [0.4, 0.5) is 0 Å². The highest BCUT2D eigenvalue weighted by Gasteiger charge is 2.17. The van der Waals surface area contributed by atoms with E-state index in [2.05, 4.69) is 11.0 Å². The van der Waals surface area contributed by atoms with E-state index >= 15 is 0 Å². The highest BCUT2D eigenvalue weighted by molar-refractivity contribution is 8.76. The third-order valence-electron chi connectivity index (χ3n) is 3.70. The molecule has 8 N–H and O–H groups in total. The lowest BCUT2D eigenvalue weighted by Crippen LogP contribution is -2.42. The summed E-state index contributed by atoms with van der Waals surface area (Å²) in [5.41, 5.74) is 17.4. The number of hydrogen-bond donors (Lipinski definition) is 6. The summed E-state index contributed by atoms with van der Waals surface area (Å²) in [5.74, 6) is -0.428. The molecule has 0 heterocycles. The zero-order valence-electron chi connectivity index (χ0n) is 15.7. The van der Waals surface area contributed by atoms with E-state index in [-0.39, 0.29) is 23.6 Å². The maximum absolute atomic E-state index is 12.0. The molecule has 158 valence electrons. The van der Waals surface area contributed by atoms with Crippen molar-refractivity contribution in [2.45, 2.75) is 31.8 Å². The smallest absolute Gasteiger partial charge is 0.321 e. The molecule has 0 unspecified atom stereocenters. The molecule has 0 aliphatic carbocycles. The molecule has 28 heavy (non-hydrogen) atoms. The molecule has 9 nitrogen and oxygen atoms in total. The van der Waals surface area contributed by atoms with Crippen molar-refractivity contribution < 1.29 is 24.6 Å². The Morgan fingerprint density at radius 1 is 1.21 bits per heavy atom. The van der Waals surface area contributed by atoms with Crippen LogP contribution in [0.1, 0.15) is 18.9 Å². The lowest BCUT2D eigenvalue weighted by Gasteiger charge is -2.17. The summed E-state index contributed by atoms with van der Waals surface area (Å²) < 4.78 is 0. The van der Waals surface area contributed by atoms with Gasteiger partial charge in [0.15, 0.2) is 0 Å². The molecule has 0 fully saturated rings. The van der Waals surface area contributed by atoms with Gasteiger partial charge in [-0.15, -0.1) is 5.59 Å². The van der Waals surface area contributed by atoms with E-state index in [4.69, 9.17) is 21.4 Å². The summed E-state index contributed by atoms with van der Waals surface area (Å²) in [4.78, 5) is 27.7. The minimum absolute atomic E-state index is 0.184. The third kappa shape index (κ3) is 10.7. The van der Waals surface area contributed by atoms with Crippen LogP contribution in [0.5, 0.6) is 5.75 Å². The maximum atomic E-state index is 12.0. The Hall–Kier alpha value is -1.50. The number of amides is 1. The van der Waals surface area contributed by atoms with Crippen LogP contribution in [0.15, 0.2) is 24.3 Å². The Bertz CT molecular complexity index is 606. The number of aromatic hydroxyl groups is 1. The van der Waals surface area contributed by atoms with Crippen molar-refractivity contribution in [3.63, 3.8) is 0 Å². The minimum Gasteiger partial charge on any atom is -0.508 e. The molecule has 3 atom stereocenters. The Labute approximate surface area is 172 Å². The van der Waals surface area contributed by atoms with Crippen LogP contribution in [0.3, 0.4) is 0 Å². The monoisotopic (exact) mass is 432 g/mol. The number of hydrogen-bond acceptors (Lipinski definition) is 9. The molecule has 0 aliphatic rings. The molecular formula is C17H28N4O5S2. The lowest BCUT2D eigenvalue weighted by atomic mass is 9.96. The molecule has 11 heteroatoms. The van der Waals surface area contributed by atoms with Gasteiger partial charge in [0.1, 0.15) is 11.8 Å². The number of phenols is 1. The summed E-state index contributed by atoms with van der Waals surface area (Å²) in [6, 6.07) is 5.77. The van der Waals surface area contributed by atoms with Crippen molar-refractivity contribution in [3.8, 4) is 5.75 Å². The average molecular weight is 433 g/mol. The zero-order chi connectivity index (χ0) is 20.9. The largest absolute Gasteiger partial charge is 0.508 e. The molecule has 0 saturated heterocycles. The highest BCUT2D eigenvalue weighted by Crippen LogP contribution is 2.21. The van der Waals surface area contributed by atoms with Crippen molar-refractivity contribution in [2.24, 2.45) is 17.4 Å². The lowest BCUT2D eigenvalue weighted by molar-refractivity contribution is -0.138. The summed E-state index contributed by atoms with van der Waals surface area (Å²) >= 11 is 0. The predicted octanol–water partition coefficient (Wildman–Crippen LogP) is 0.634. The highest BCUT2D eigenvalue weighted by atomic mass is 33.1. The third-order valence-corrected chi connectivity index (χ3v) is 6.10. The van der Waals surface area contributed by atoms with Crippen molar-refractivity contribution in [2.75, 3.05) is 18.1 Å². The van der Waals surface area contributed by atoms with Gasteiger partial charge < -0.3 is 21.7 Å². The summed E-state index contributed by atoms with van der Waals surface area (Å²) in [6.45, 7) is 2.11. The second kappa shape index (κ2) is 13.6. The summed E-state index contributed by atoms with van der Waals surface area (Å²) in [6.07, 6.45) is 1.12. The van der Waals surface area contributed by atoms with Crippen LogP contribution >= 0.6 is 21.6 Å². The maximum Gasteiger partial charge on any atom is 0.321 e. The Morgan fingerprint density at radius 2 is 1.89 bits per heavy atom. The van der Waals surface area contributed by atoms with Gasteiger partial charge in [-0.25, -0.2) is 0 Å². The van der Waals surface area contributed by atoms with Gasteiger partial charge in [-0.3, -0.25) is 19.9 Å². The molecule has 0 saturated carbocycles. The molecule has 0 aromatic heterocycles. The van der Waals surface area contributed by atoms with Crippen LogP contribution in [0.25, 0.3) is 0 Å². The molecule has 0 spiro atoms. The van der Waals surface area contributed by atoms with E-state index in [1.165, 1.54) is 21.6 Å². The van der Waals surface area contributed by atoms with E-state index in [9.17, 15) is 14.7 Å². The first kappa shape index (κ1) is 24.5. The first-order chi connectivity index (χ1) is 13.3. The van der Waals surface area contributed by atoms with Gasteiger partial charge in [0.05, 0.1) is 6.61 Å². The number of nitrogens with two attached hydrogens (primary N) is 2. The number of carboxylic acids is 1. The van der Waals surface area contributed by atoms with Gasteiger partial charge in [0, 0.05) is 23.5 Å². The van der Waals surface area contributed by atoms with Gasteiger partial charge in [-0.2, -0.15) is 0 Å². The van der Waals surface area contributed by atoms with E-state index in [1.807, 2.05) is 0 Å². The number of rotatable bonds is 14. The Kier molecular flexibility index (Phi) is 12.0. The van der Waals surface area contributed by atoms with E-state index in [0.29, 0.717) is 31.0 Å². The second-order valence-corrected chi connectivity index (χ2v) is 8.89. The van der Waals surface area contributed by atoms with Gasteiger partial charge in [-0.1, -0.05) is 40.6 Å². The molecule has 1 aromatic carbocycles. The van der Waals surface area contributed by atoms with Crippen LogP contribution in [-0.2, 0) is 20.8 Å². The second-order valence-electron chi connectivity index (χ2n) is 6.26. The molecular weight excluding hydrogens is 404 g/mol. The number of benzene rings is 1. The number of carboxylic acid groups (broad SMARTS) is 1. The molecule has 0 radical (unpaired) electrons. The number of carbonyl (C=O) groups excluding carboxylic acids is 1. The standard InChI is InChI=1S/C17H28N4O5S2/c1-11(8-13(18)9-12-2-4-14(22)5-3-12)16(23)20-21-26-6-7-27-28-10-15(19)17(24)25/h2-5,11,13,15,21-22H,6-10,18-19H2,1H3,(H,20,23)(H,24,25)/t11-,13+,15-/m0/s1. The van der Waals surface area contributed by atoms with E-state index in [0.717, 1.165) is 5.56 Å². The number of phenolic OH excluding ortho intramolecular Hbond substituents is 1. The van der Waals surface area contributed by atoms with Gasteiger partial charge in [0.25, 0.3) is 0 Å². The van der Waals surface area contributed by atoms with Crippen molar-refractivity contribution in [3.05, 3.63) is 29.8 Å². The number of carbonyl (C=O) groups is 2. The van der Waals surface area contributed by atoms with E-state index < -0.39 is 12.0 Å². The molecule has 0 bridgehead atoms. The van der Waals surface area contributed by atoms with Crippen molar-refractivity contribution in [1.82, 2.24) is 11.0 Å². The number of hydrazine groups is 1. The first-order valence-electron chi connectivity index (χ1n) is 8.72. The fourth-order valence-electron chi connectivity index (χ4n) is 2.17. The predicted molar refractivity (Wildman–Crippen MR) is 111 cm³/mol. The van der Waals surface area contributed by atoms with Crippen LogP contribution in [0, 0.1) is 5.92 Å². The number of nitrogens with one attached hydrogen (secondary N) is 2. The van der Waals surface area contributed by atoms with Crippen molar-refractivity contribution >= 4 is 33.5 Å². The quantitative estimate of drug-likeness (QED) is 0.140. The van der Waals surface area contributed by atoms with Gasteiger partial charge in [-0.05, 0) is 30.5 Å². The zero-order valence-corrected chi connectivity index (χ0v) is 17.3. The fourth-order valence-corrected chi connectivity index (χ4v) is 4.11. The molecule has 1 amide bonds. The molecule has 0 aliphatic heterocycles. The van der Waals surface area contributed by atoms with Gasteiger partial charge in [0.2, 0.25) is 5.91 Å². The number of aliphatic carboxylic acids is 1. The van der Waals surface area contributed by atoms with E-state index in [1.54, 1.807) is 31.2 Å². The fraction of sp³-hybridized carbons (Fsp3) is 0.529. The Balaban J connectivity index is 2.09. The van der Waals surface area contributed by atoms with Crippen LogP contribution in [0.2, 0.25) is 0 Å². The normalized spacial score (nSPS) is 14.2. The SMILES string of the molecule is C[C@@H](C[C@@H](N)Cc1ccc(O)cc1)C(=O)NNOCCSSC[C@H](N)C(=O)O.